The smallest absolute Gasteiger partial charge is 0.255 e. The van der Waals surface area contributed by atoms with Crippen molar-refractivity contribution in [3.8, 4) is 5.75 Å². The molecule has 0 saturated heterocycles. The lowest BCUT2D eigenvalue weighted by Gasteiger charge is -2.08. The van der Waals surface area contributed by atoms with Gasteiger partial charge in [-0.05, 0) is 60.2 Å². The van der Waals surface area contributed by atoms with E-state index in [0.717, 1.165) is 23.4 Å². The summed E-state index contributed by atoms with van der Waals surface area (Å²) in [7, 11) is 0. The van der Waals surface area contributed by atoms with Gasteiger partial charge < -0.3 is 15.4 Å². The fourth-order valence-corrected chi connectivity index (χ4v) is 2.96. The summed E-state index contributed by atoms with van der Waals surface area (Å²) in [5.74, 6) is 0.462. The average molecular weight is 358 g/mol. The van der Waals surface area contributed by atoms with Crippen LogP contribution in [-0.4, -0.2) is 18.4 Å². The molecule has 0 aliphatic carbocycles. The van der Waals surface area contributed by atoms with E-state index in [0.29, 0.717) is 23.4 Å². The number of nitrogens with one attached hydrogen (secondary N) is 2. The van der Waals surface area contributed by atoms with Crippen LogP contribution in [0.5, 0.6) is 5.75 Å². The van der Waals surface area contributed by atoms with Gasteiger partial charge in [0.05, 0.1) is 6.61 Å². The highest BCUT2D eigenvalue weighted by atomic mass is 16.5. The normalized spacial score (nSPS) is 12.0. The number of hydrogen-bond acceptors (Lipinski definition) is 3. The molecule has 0 aromatic heterocycles. The minimum atomic E-state index is -0.197. The molecule has 0 radical (unpaired) electrons. The first-order valence-corrected chi connectivity index (χ1v) is 8.72. The van der Waals surface area contributed by atoms with Crippen molar-refractivity contribution in [1.29, 1.82) is 0 Å². The van der Waals surface area contributed by atoms with Gasteiger partial charge in [-0.3, -0.25) is 9.59 Å². The third kappa shape index (κ3) is 3.82. The van der Waals surface area contributed by atoms with Gasteiger partial charge in [0.1, 0.15) is 5.75 Å². The molecular formula is C22H18N2O3. The van der Waals surface area contributed by atoms with Crippen LogP contribution in [0.3, 0.4) is 0 Å². The van der Waals surface area contributed by atoms with E-state index in [1.54, 1.807) is 30.3 Å². The molecule has 0 saturated carbocycles. The van der Waals surface area contributed by atoms with Gasteiger partial charge in [-0.25, -0.2) is 0 Å². The standard InChI is InChI=1S/C22H18N2O3/c25-21(23-18-4-2-1-3-5-18)15-6-9-19(10-7-15)24-22(26)17-8-11-20-16(14-17)12-13-27-20/h1-11,14H,12-13H2,(H,23,25)(H,24,26). The summed E-state index contributed by atoms with van der Waals surface area (Å²) < 4.78 is 5.46. The molecule has 4 rings (SSSR count). The number of para-hydroxylation sites is 1. The van der Waals surface area contributed by atoms with Crippen LogP contribution in [0.25, 0.3) is 0 Å². The molecule has 1 aliphatic heterocycles. The van der Waals surface area contributed by atoms with Gasteiger partial charge in [-0.2, -0.15) is 0 Å². The van der Waals surface area contributed by atoms with Crippen molar-refractivity contribution >= 4 is 23.2 Å². The van der Waals surface area contributed by atoms with Gasteiger partial charge in [0.25, 0.3) is 11.8 Å². The number of ether oxygens (including phenoxy) is 1. The van der Waals surface area contributed by atoms with E-state index in [1.807, 2.05) is 42.5 Å². The van der Waals surface area contributed by atoms with Crippen molar-refractivity contribution in [2.45, 2.75) is 6.42 Å². The monoisotopic (exact) mass is 358 g/mol. The van der Waals surface area contributed by atoms with Crippen molar-refractivity contribution in [2.24, 2.45) is 0 Å². The number of amides is 2. The van der Waals surface area contributed by atoms with Crippen molar-refractivity contribution in [3.05, 3.63) is 89.5 Å². The average Bonchev–Trinajstić information content (AvgIpc) is 3.17. The number of benzene rings is 3. The molecular weight excluding hydrogens is 340 g/mol. The maximum absolute atomic E-state index is 12.4. The molecule has 0 unspecified atom stereocenters. The first-order valence-electron chi connectivity index (χ1n) is 8.72. The molecule has 0 bridgehead atoms. The summed E-state index contributed by atoms with van der Waals surface area (Å²) >= 11 is 0. The Labute approximate surface area is 157 Å². The second-order valence-corrected chi connectivity index (χ2v) is 6.27. The van der Waals surface area contributed by atoms with Crippen LogP contribution < -0.4 is 15.4 Å². The Morgan fingerprint density at radius 3 is 2.11 bits per heavy atom. The van der Waals surface area contributed by atoms with Crippen molar-refractivity contribution in [2.75, 3.05) is 17.2 Å². The second kappa shape index (κ2) is 7.33. The van der Waals surface area contributed by atoms with Gasteiger partial charge in [0.2, 0.25) is 0 Å². The predicted molar refractivity (Wildman–Crippen MR) is 104 cm³/mol. The highest BCUT2D eigenvalue weighted by Crippen LogP contribution is 2.26. The van der Waals surface area contributed by atoms with Crippen molar-refractivity contribution < 1.29 is 14.3 Å². The Hall–Kier alpha value is -3.60. The van der Waals surface area contributed by atoms with E-state index in [9.17, 15) is 9.59 Å². The highest BCUT2D eigenvalue weighted by molar-refractivity contribution is 6.06. The Kier molecular flexibility index (Phi) is 4.58. The summed E-state index contributed by atoms with van der Waals surface area (Å²) in [6.07, 6.45) is 0.821. The van der Waals surface area contributed by atoms with Gasteiger partial charge in [-0.15, -0.1) is 0 Å². The number of carbonyl (C=O) groups excluding carboxylic acids is 2. The van der Waals surface area contributed by atoms with Crippen LogP contribution in [0.15, 0.2) is 72.8 Å². The molecule has 5 nitrogen and oxygen atoms in total. The second-order valence-electron chi connectivity index (χ2n) is 6.27. The number of rotatable bonds is 4. The zero-order valence-electron chi connectivity index (χ0n) is 14.6. The topological polar surface area (TPSA) is 67.4 Å². The van der Waals surface area contributed by atoms with Gasteiger partial charge >= 0.3 is 0 Å². The first kappa shape index (κ1) is 16.8. The van der Waals surface area contributed by atoms with Crippen LogP contribution in [0.1, 0.15) is 26.3 Å². The Bertz CT molecular complexity index is 982. The summed E-state index contributed by atoms with van der Waals surface area (Å²) in [6.45, 7) is 0.660. The first-order chi connectivity index (χ1) is 13.2. The minimum Gasteiger partial charge on any atom is -0.493 e. The highest BCUT2D eigenvalue weighted by Gasteiger charge is 2.15. The molecule has 3 aromatic carbocycles. The lowest BCUT2D eigenvalue weighted by atomic mass is 10.1. The van der Waals surface area contributed by atoms with Crippen molar-refractivity contribution in [3.63, 3.8) is 0 Å². The Morgan fingerprint density at radius 2 is 1.37 bits per heavy atom. The molecule has 27 heavy (non-hydrogen) atoms. The van der Waals surface area contributed by atoms with Gasteiger partial charge in [0.15, 0.2) is 0 Å². The summed E-state index contributed by atoms with van der Waals surface area (Å²) in [6, 6.07) is 21.5. The summed E-state index contributed by atoms with van der Waals surface area (Å²) in [5.41, 5.74) is 3.53. The van der Waals surface area contributed by atoms with E-state index in [-0.39, 0.29) is 11.8 Å². The molecule has 2 amide bonds. The lowest BCUT2D eigenvalue weighted by Crippen LogP contribution is -2.13. The van der Waals surface area contributed by atoms with E-state index in [1.165, 1.54) is 0 Å². The van der Waals surface area contributed by atoms with Gasteiger partial charge in [-0.1, -0.05) is 18.2 Å². The lowest BCUT2D eigenvalue weighted by molar-refractivity contribution is 0.102. The fraction of sp³-hybridized carbons (Fsp3) is 0.0909. The summed E-state index contributed by atoms with van der Waals surface area (Å²) in [5, 5.41) is 5.68. The maximum Gasteiger partial charge on any atom is 0.255 e. The molecule has 1 heterocycles. The van der Waals surface area contributed by atoms with Crippen LogP contribution in [0.4, 0.5) is 11.4 Å². The zero-order valence-corrected chi connectivity index (χ0v) is 14.6. The van der Waals surface area contributed by atoms with Crippen LogP contribution >= 0.6 is 0 Å². The number of anilines is 2. The number of hydrogen-bond donors (Lipinski definition) is 2. The number of fused-ring (bicyclic) bond motifs is 1. The molecule has 0 atom stereocenters. The SMILES string of the molecule is O=C(Nc1ccccc1)c1ccc(NC(=O)c2ccc3c(c2)CCO3)cc1. The third-order valence-electron chi connectivity index (χ3n) is 4.39. The third-order valence-corrected chi connectivity index (χ3v) is 4.39. The molecule has 5 heteroatoms. The summed E-state index contributed by atoms with van der Waals surface area (Å²) in [4.78, 5) is 24.7. The van der Waals surface area contributed by atoms with Gasteiger partial charge in [0, 0.05) is 28.9 Å². The quantitative estimate of drug-likeness (QED) is 0.737. The molecule has 0 fully saturated rings. The molecule has 3 aromatic rings. The van der Waals surface area contributed by atoms with E-state index < -0.39 is 0 Å². The van der Waals surface area contributed by atoms with Crippen LogP contribution in [-0.2, 0) is 6.42 Å². The molecule has 0 spiro atoms. The van der Waals surface area contributed by atoms with Crippen LogP contribution in [0, 0.1) is 0 Å². The predicted octanol–water partition coefficient (Wildman–Crippen LogP) is 4.13. The fourth-order valence-electron chi connectivity index (χ4n) is 2.96. The van der Waals surface area contributed by atoms with Crippen molar-refractivity contribution in [1.82, 2.24) is 0 Å². The van der Waals surface area contributed by atoms with E-state index in [2.05, 4.69) is 10.6 Å². The van der Waals surface area contributed by atoms with E-state index >= 15 is 0 Å². The molecule has 134 valence electrons. The Balaban J connectivity index is 1.41. The largest absolute Gasteiger partial charge is 0.493 e. The van der Waals surface area contributed by atoms with Crippen LogP contribution in [0.2, 0.25) is 0 Å². The maximum atomic E-state index is 12.4. The molecule has 1 aliphatic rings. The Morgan fingerprint density at radius 1 is 0.741 bits per heavy atom. The van der Waals surface area contributed by atoms with E-state index in [4.69, 9.17) is 4.74 Å². The minimum absolute atomic E-state index is 0.189. The molecule has 2 N–H and O–H groups in total. The number of carbonyl (C=O) groups is 2. The zero-order chi connectivity index (χ0) is 18.6.